The van der Waals surface area contributed by atoms with E-state index >= 15 is 0 Å². The van der Waals surface area contributed by atoms with Crippen LogP contribution in [0.3, 0.4) is 0 Å². The van der Waals surface area contributed by atoms with Crippen LogP contribution in [-0.4, -0.2) is 22.6 Å². The van der Waals surface area contributed by atoms with Gasteiger partial charge in [0.2, 0.25) is 0 Å². The Morgan fingerprint density at radius 1 is 1.57 bits per heavy atom. The molecule has 14 heavy (non-hydrogen) atoms. The third kappa shape index (κ3) is 1.59. The summed E-state index contributed by atoms with van der Waals surface area (Å²) in [5, 5.41) is 0. The minimum absolute atomic E-state index is 0.172. The quantitative estimate of drug-likeness (QED) is 0.640. The molecule has 6 heteroatoms. The van der Waals surface area contributed by atoms with Crippen molar-refractivity contribution in [3.8, 4) is 0 Å². The maximum absolute atomic E-state index is 11.5. The zero-order valence-corrected chi connectivity index (χ0v) is 7.86. The lowest BCUT2D eigenvalue weighted by Crippen LogP contribution is -2.37. The molecular formula is C8H10N2O4. The summed E-state index contributed by atoms with van der Waals surface area (Å²) in [6, 6.07) is 0. The highest BCUT2D eigenvalue weighted by atomic mass is 16.5. The van der Waals surface area contributed by atoms with Gasteiger partial charge in [0.05, 0.1) is 7.11 Å². The van der Waals surface area contributed by atoms with Crippen LogP contribution >= 0.6 is 0 Å². The first kappa shape index (κ1) is 10.2. The van der Waals surface area contributed by atoms with Gasteiger partial charge in [-0.3, -0.25) is 9.36 Å². The van der Waals surface area contributed by atoms with E-state index in [4.69, 9.17) is 0 Å². The predicted molar refractivity (Wildman–Crippen MR) is 48.3 cm³/mol. The lowest BCUT2D eigenvalue weighted by atomic mass is 10.3. The van der Waals surface area contributed by atoms with Gasteiger partial charge >= 0.3 is 11.7 Å². The summed E-state index contributed by atoms with van der Waals surface area (Å²) in [6.07, 6.45) is 1.06. The molecule has 0 aromatic carbocycles. The highest BCUT2D eigenvalue weighted by Crippen LogP contribution is 1.89. The van der Waals surface area contributed by atoms with E-state index < -0.39 is 17.2 Å². The van der Waals surface area contributed by atoms with Gasteiger partial charge in [-0.25, -0.2) is 9.59 Å². The van der Waals surface area contributed by atoms with Gasteiger partial charge in [0.1, 0.15) is 5.56 Å². The summed E-state index contributed by atoms with van der Waals surface area (Å²) in [4.78, 5) is 35.9. The van der Waals surface area contributed by atoms with E-state index in [2.05, 4.69) is 9.72 Å². The molecule has 6 nitrogen and oxygen atoms in total. The average molecular weight is 198 g/mol. The predicted octanol–water partition coefficient (Wildman–Crippen LogP) is -0.657. The van der Waals surface area contributed by atoms with Crippen molar-refractivity contribution in [2.24, 2.45) is 0 Å². The molecule has 0 bridgehead atoms. The number of methoxy groups -OCH3 is 1. The number of aromatic nitrogens is 2. The van der Waals surface area contributed by atoms with E-state index in [-0.39, 0.29) is 12.1 Å². The number of ether oxygens (including phenoxy) is 1. The lowest BCUT2D eigenvalue weighted by Gasteiger charge is -2.02. The van der Waals surface area contributed by atoms with Gasteiger partial charge in [0.15, 0.2) is 0 Å². The Labute approximate surface area is 79.1 Å². The summed E-state index contributed by atoms with van der Waals surface area (Å²) >= 11 is 0. The molecule has 0 aliphatic rings. The number of esters is 1. The second-order valence-corrected chi connectivity index (χ2v) is 2.55. The molecule has 0 amide bonds. The zero-order chi connectivity index (χ0) is 10.7. The first-order chi connectivity index (χ1) is 6.61. The average Bonchev–Trinajstić information content (AvgIpc) is 2.18. The summed E-state index contributed by atoms with van der Waals surface area (Å²) in [5.74, 6) is -0.756. The number of nitrogens with one attached hydrogen (secondary N) is 1. The van der Waals surface area contributed by atoms with Crippen LogP contribution in [0, 0.1) is 0 Å². The topological polar surface area (TPSA) is 81.2 Å². The minimum atomic E-state index is -0.756. The standard InChI is InChI=1S/C8H10N2O4/c1-3-10-6(11)5(7(12)14-2)4-9-8(10)13/h4H,3H2,1-2H3,(H,9,13). The number of H-pyrrole nitrogens is 1. The van der Waals surface area contributed by atoms with E-state index in [1.165, 1.54) is 7.11 Å². The first-order valence-corrected chi connectivity index (χ1v) is 4.02. The van der Waals surface area contributed by atoms with E-state index in [9.17, 15) is 14.4 Å². The van der Waals surface area contributed by atoms with E-state index in [1.54, 1.807) is 6.92 Å². The first-order valence-electron chi connectivity index (χ1n) is 4.02. The van der Waals surface area contributed by atoms with Crippen molar-refractivity contribution >= 4 is 5.97 Å². The molecule has 1 aromatic rings. The van der Waals surface area contributed by atoms with Gasteiger partial charge in [0.25, 0.3) is 5.56 Å². The van der Waals surface area contributed by atoms with Crippen LogP contribution in [-0.2, 0) is 11.3 Å². The second kappa shape index (κ2) is 3.91. The fourth-order valence-corrected chi connectivity index (χ4v) is 1.05. The number of rotatable bonds is 2. The van der Waals surface area contributed by atoms with E-state index in [1.807, 2.05) is 0 Å². The maximum atomic E-state index is 11.5. The number of aromatic amines is 1. The molecule has 0 radical (unpaired) electrons. The smallest absolute Gasteiger partial charge is 0.345 e. The Balaban J connectivity index is 3.44. The van der Waals surface area contributed by atoms with E-state index in [0.29, 0.717) is 0 Å². The molecule has 76 valence electrons. The SMILES string of the molecule is CCn1c(=O)[nH]cc(C(=O)OC)c1=O. The van der Waals surface area contributed by atoms with Crippen LogP contribution in [0.15, 0.2) is 15.8 Å². The van der Waals surface area contributed by atoms with Crippen molar-refractivity contribution in [3.05, 3.63) is 32.6 Å². The summed E-state index contributed by atoms with van der Waals surface area (Å²) in [7, 11) is 1.17. The number of hydrogen-bond donors (Lipinski definition) is 1. The van der Waals surface area contributed by atoms with E-state index in [0.717, 1.165) is 10.8 Å². The number of carbonyl (C=O) groups is 1. The molecular weight excluding hydrogens is 188 g/mol. The summed E-state index contributed by atoms with van der Waals surface area (Å²) in [5.41, 5.74) is -1.35. The van der Waals surface area contributed by atoms with Gasteiger partial charge in [-0.05, 0) is 6.92 Å². The summed E-state index contributed by atoms with van der Waals surface area (Å²) < 4.78 is 5.31. The Morgan fingerprint density at radius 3 is 2.71 bits per heavy atom. The molecule has 0 fully saturated rings. The molecule has 0 saturated heterocycles. The second-order valence-electron chi connectivity index (χ2n) is 2.55. The Morgan fingerprint density at radius 2 is 2.21 bits per heavy atom. The Kier molecular flexibility index (Phi) is 2.85. The summed E-state index contributed by atoms with van der Waals surface area (Å²) in [6.45, 7) is 1.84. The van der Waals surface area contributed by atoms with Crippen LogP contribution in [0.1, 0.15) is 17.3 Å². The van der Waals surface area contributed by atoms with Crippen LogP contribution in [0.5, 0.6) is 0 Å². The van der Waals surface area contributed by atoms with Gasteiger partial charge in [0, 0.05) is 12.7 Å². The largest absolute Gasteiger partial charge is 0.465 e. The monoisotopic (exact) mass is 198 g/mol. The van der Waals surface area contributed by atoms with Crippen molar-refractivity contribution in [1.29, 1.82) is 0 Å². The maximum Gasteiger partial charge on any atom is 0.345 e. The highest BCUT2D eigenvalue weighted by Gasteiger charge is 2.13. The van der Waals surface area contributed by atoms with Crippen LogP contribution in [0.2, 0.25) is 0 Å². The van der Waals surface area contributed by atoms with Gasteiger partial charge < -0.3 is 9.72 Å². The Bertz CT molecular complexity index is 457. The van der Waals surface area contributed by atoms with Crippen molar-refractivity contribution < 1.29 is 9.53 Å². The molecule has 0 aliphatic heterocycles. The molecule has 0 aliphatic carbocycles. The van der Waals surface area contributed by atoms with Gasteiger partial charge in [-0.1, -0.05) is 0 Å². The third-order valence-electron chi connectivity index (χ3n) is 1.78. The zero-order valence-electron chi connectivity index (χ0n) is 7.86. The van der Waals surface area contributed by atoms with Crippen molar-refractivity contribution in [2.75, 3.05) is 7.11 Å². The molecule has 1 N–H and O–H groups in total. The van der Waals surface area contributed by atoms with Gasteiger partial charge in [-0.2, -0.15) is 0 Å². The van der Waals surface area contributed by atoms with Gasteiger partial charge in [-0.15, -0.1) is 0 Å². The van der Waals surface area contributed by atoms with Crippen molar-refractivity contribution in [2.45, 2.75) is 13.5 Å². The highest BCUT2D eigenvalue weighted by molar-refractivity contribution is 5.88. The Hall–Kier alpha value is -1.85. The molecule has 1 rings (SSSR count). The van der Waals surface area contributed by atoms with Crippen molar-refractivity contribution in [3.63, 3.8) is 0 Å². The van der Waals surface area contributed by atoms with Crippen LogP contribution in [0.4, 0.5) is 0 Å². The normalized spacial score (nSPS) is 9.86. The molecule has 0 unspecified atom stereocenters. The number of hydrogen-bond acceptors (Lipinski definition) is 4. The molecule has 0 saturated carbocycles. The molecule has 0 atom stereocenters. The lowest BCUT2D eigenvalue weighted by molar-refractivity contribution is 0.0597. The number of nitrogens with zero attached hydrogens (tertiary/aromatic N) is 1. The van der Waals surface area contributed by atoms with Crippen LogP contribution < -0.4 is 11.2 Å². The molecule has 1 heterocycles. The van der Waals surface area contributed by atoms with Crippen molar-refractivity contribution in [1.82, 2.24) is 9.55 Å². The third-order valence-corrected chi connectivity index (χ3v) is 1.78. The molecule has 1 aromatic heterocycles. The minimum Gasteiger partial charge on any atom is -0.465 e. The fourth-order valence-electron chi connectivity index (χ4n) is 1.05. The fraction of sp³-hybridized carbons (Fsp3) is 0.375. The number of carbonyl (C=O) groups excluding carboxylic acids is 1. The molecule has 0 spiro atoms. The van der Waals surface area contributed by atoms with Crippen LogP contribution in [0.25, 0.3) is 0 Å².